The normalized spacial score (nSPS) is 14.9. The van der Waals surface area contributed by atoms with E-state index >= 15 is 0 Å². The number of rotatable bonds is 9. The molecule has 1 aliphatic carbocycles. The van der Waals surface area contributed by atoms with Crippen LogP contribution in [0.3, 0.4) is 0 Å². The Labute approximate surface area is 144 Å². The molecule has 24 heavy (non-hydrogen) atoms. The van der Waals surface area contributed by atoms with Gasteiger partial charge < -0.3 is 5.32 Å². The summed E-state index contributed by atoms with van der Waals surface area (Å²) in [6.45, 7) is 1.33. The summed E-state index contributed by atoms with van der Waals surface area (Å²) in [6.07, 6.45) is 2.33. The molecule has 0 aliphatic heterocycles. The minimum Gasteiger partial charge on any atom is -0.313 e. The smallest absolute Gasteiger partial charge is 0.215 e. The van der Waals surface area contributed by atoms with Gasteiger partial charge in [-0.3, -0.25) is 0 Å². The van der Waals surface area contributed by atoms with Gasteiger partial charge in [-0.05, 0) is 24.0 Å². The number of benzene rings is 2. The molecular formula is C19H24N2O2S. The molecule has 0 saturated heterocycles. The third-order valence-electron chi connectivity index (χ3n) is 4.17. The van der Waals surface area contributed by atoms with Crippen molar-refractivity contribution < 1.29 is 8.42 Å². The Bertz CT molecular complexity index is 687. The highest BCUT2D eigenvalue weighted by Gasteiger charge is 2.25. The van der Waals surface area contributed by atoms with Gasteiger partial charge in [0.05, 0.1) is 5.75 Å². The van der Waals surface area contributed by atoms with Crippen molar-refractivity contribution in [3.05, 3.63) is 71.8 Å². The molecule has 2 aromatic carbocycles. The number of nitrogens with one attached hydrogen (secondary N) is 1. The van der Waals surface area contributed by atoms with E-state index in [-0.39, 0.29) is 5.75 Å². The summed E-state index contributed by atoms with van der Waals surface area (Å²) in [7, 11) is -3.32. The van der Waals surface area contributed by atoms with E-state index in [1.165, 1.54) is 0 Å². The maximum absolute atomic E-state index is 12.8. The molecule has 0 bridgehead atoms. The van der Waals surface area contributed by atoms with E-state index < -0.39 is 10.0 Å². The Kier molecular flexibility index (Phi) is 5.66. The maximum Gasteiger partial charge on any atom is 0.215 e. The molecule has 1 N–H and O–H groups in total. The topological polar surface area (TPSA) is 49.4 Å². The maximum atomic E-state index is 12.8. The van der Waals surface area contributed by atoms with Gasteiger partial charge in [-0.15, -0.1) is 0 Å². The molecular weight excluding hydrogens is 320 g/mol. The van der Waals surface area contributed by atoms with Crippen molar-refractivity contribution in [3.63, 3.8) is 0 Å². The van der Waals surface area contributed by atoms with Gasteiger partial charge in [0.2, 0.25) is 10.0 Å². The molecule has 3 rings (SSSR count). The van der Waals surface area contributed by atoms with Gasteiger partial charge in [-0.2, -0.15) is 4.31 Å². The molecule has 1 saturated carbocycles. The lowest BCUT2D eigenvalue weighted by Crippen LogP contribution is -2.36. The van der Waals surface area contributed by atoms with Crippen LogP contribution in [0.1, 0.15) is 24.0 Å². The average molecular weight is 344 g/mol. The van der Waals surface area contributed by atoms with Crippen LogP contribution in [-0.2, 0) is 23.1 Å². The van der Waals surface area contributed by atoms with Gasteiger partial charge in [0.1, 0.15) is 0 Å². The van der Waals surface area contributed by atoms with E-state index in [2.05, 4.69) is 5.32 Å². The second kappa shape index (κ2) is 7.92. The van der Waals surface area contributed by atoms with E-state index in [0.717, 1.165) is 24.0 Å². The predicted octanol–water partition coefficient (Wildman–Crippen LogP) is 2.77. The van der Waals surface area contributed by atoms with Crippen molar-refractivity contribution in [1.82, 2.24) is 9.62 Å². The van der Waals surface area contributed by atoms with Crippen LogP contribution >= 0.6 is 0 Å². The lowest BCUT2D eigenvalue weighted by molar-refractivity contribution is 0.400. The Morgan fingerprint density at radius 2 is 1.38 bits per heavy atom. The van der Waals surface area contributed by atoms with Gasteiger partial charge in [0, 0.05) is 25.7 Å². The first-order valence-electron chi connectivity index (χ1n) is 8.42. The average Bonchev–Trinajstić information content (AvgIpc) is 3.40. The van der Waals surface area contributed by atoms with Gasteiger partial charge in [-0.1, -0.05) is 60.7 Å². The van der Waals surface area contributed by atoms with Gasteiger partial charge in [0.15, 0.2) is 0 Å². The first-order valence-corrected chi connectivity index (χ1v) is 10.0. The zero-order valence-corrected chi connectivity index (χ0v) is 14.6. The molecule has 0 atom stereocenters. The summed E-state index contributed by atoms with van der Waals surface area (Å²) in [5, 5.41) is 3.29. The fraction of sp³-hybridized carbons (Fsp3) is 0.368. The first-order chi connectivity index (χ1) is 11.6. The van der Waals surface area contributed by atoms with Crippen molar-refractivity contribution in [2.75, 3.05) is 12.3 Å². The summed E-state index contributed by atoms with van der Waals surface area (Å²) in [5.41, 5.74) is 2.01. The van der Waals surface area contributed by atoms with Crippen LogP contribution in [0.4, 0.5) is 0 Å². The Morgan fingerprint density at radius 1 is 0.875 bits per heavy atom. The minimum absolute atomic E-state index is 0.142. The Balaban J connectivity index is 1.71. The van der Waals surface area contributed by atoms with Gasteiger partial charge in [-0.25, -0.2) is 8.42 Å². The van der Waals surface area contributed by atoms with Crippen molar-refractivity contribution in [1.29, 1.82) is 0 Å². The van der Waals surface area contributed by atoms with Crippen LogP contribution in [-0.4, -0.2) is 31.1 Å². The van der Waals surface area contributed by atoms with Crippen LogP contribution in [0, 0.1) is 0 Å². The van der Waals surface area contributed by atoms with Crippen molar-refractivity contribution >= 4 is 10.0 Å². The molecule has 1 aliphatic rings. The monoisotopic (exact) mass is 344 g/mol. The molecule has 0 heterocycles. The molecule has 5 heteroatoms. The summed E-state index contributed by atoms with van der Waals surface area (Å²) in [5.74, 6) is 0.142. The number of hydrogen-bond donors (Lipinski definition) is 1. The zero-order valence-electron chi connectivity index (χ0n) is 13.8. The highest BCUT2D eigenvalue weighted by Crippen LogP contribution is 2.19. The molecule has 0 spiro atoms. The second-order valence-corrected chi connectivity index (χ2v) is 8.37. The Morgan fingerprint density at radius 3 is 1.83 bits per heavy atom. The highest BCUT2D eigenvalue weighted by molar-refractivity contribution is 7.89. The molecule has 4 nitrogen and oxygen atoms in total. The van der Waals surface area contributed by atoms with Crippen LogP contribution in [0.2, 0.25) is 0 Å². The summed E-state index contributed by atoms with van der Waals surface area (Å²) in [4.78, 5) is 0. The fourth-order valence-electron chi connectivity index (χ4n) is 2.64. The molecule has 128 valence electrons. The van der Waals surface area contributed by atoms with Gasteiger partial charge >= 0.3 is 0 Å². The minimum atomic E-state index is -3.32. The highest BCUT2D eigenvalue weighted by atomic mass is 32.2. The third kappa shape index (κ3) is 5.16. The number of hydrogen-bond acceptors (Lipinski definition) is 3. The third-order valence-corrected chi connectivity index (χ3v) is 5.93. The quantitative estimate of drug-likeness (QED) is 0.761. The van der Waals surface area contributed by atoms with E-state index in [1.54, 1.807) is 4.31 Å². The molecule has 1 fully saturated rings. The molecule has 0 amide bonds. The molecule has 0 radical (unpaired) electrons. The van der Waals surface area contributed by atoms with Crippen molar-refractivity contribution in [2.45, 2.75) is 32.0 Å². The van der Waals surface area contributed by atoms with E-state index in [9.17, 15) is 8.42 Å². The van der Waals surface area contributed by atoms with Crippen LogP contribution < -0.4 is 5.32 Å². The number of nitrogens with zero attached hydrogens (tertiary/aromatic N) is 1. The molecule has 0 aromatic heterocycles. The Hall–Kier alpha value is -1.69. The van der Waals surface area contributed by atoms with Crippen molar-refractivity contribution in [2.24, 2.45) is 0 Å². The fourth-order valence-corrected chi connectivity index (χ4v) is 3.96. The standard InChI is InChI=1S/C19H24N2O2S/c22-24(23,14-13-20-19-11-12-19)21(15-17-7-3-1-4-8-17)16-18-9-5-2-6-10-18/h1-10,19-20H,11-16H2. The largest absolute Gasteiger partial charge is 0.313 e. The van der Waals surface area contributed by atoms with Crippen LogP contribution in [0.5, 0.6) is 0 Å². The molecule has 0 unspecified atom stereocenters. The molecule has 2 aromatic rings. The number of sulfonamides is 1. The second-order valence-electron chi connectivity index (χ2n) is 6.28. The first kappa shape index (κ1) is 17.1. The summed E-state index contributed by atoms with van der Waals surface area (Å²) < 4.78 is 27.2. The summed E-state index contributed by atoms with van der Waals surface area (Å²) in [6, 6.07) is 20.1. The SMILES string of the molecule is O=S(=O)(CCNC1CC1)N(Cc1ccccc1)Cc1ccccc1. The summed E-state index contributed by atoms with van der Waals surface area (Å²) >= 11 is 0. The van der Waals surface area contributed by atoms with Gasteiger partial charge in [0.25, 0.3) is 0 Å². The van der Waals surface area contributed by atoms with E-state index in [0.29, 0.717) is 25.7 Å². The van der Waals surface area contributed by atoms with E-state index in [1.807, 2.05) is 60.7 Å². The lowest BCUT2D eigenvalue weighted by atomic mass is 10.2. The van der Waals surface area contributed by atoms with Crippen molar-refractivity contribution in [3.8, 4) is 0 Å². The lowest BCUT2D eigenvalue weighted by Gasteiger charge is -2.22. The predicted molar refractivity (Wildman–Crippen MR) is 96.9 cm³/mol. The zero-order chi connectivity index (χ0) is 16.8. The van der Waals surface area contributed by atoms with E-state index in [4.69, 9.17) is 0 Å². The van der Waals surface area contributed by atoms with Crippen LogP contribution in [0.15, 0.2) is 60.7 Å². The van der Waals surface area contributed by atoms with Crippen LogP contribution in [0.25, 0.3) is 0 Å².